The fraction of sp³-hybridized carbons (Fsp3) is 0.364. The zero-order chi connectivity index (χ0) is 19.4. The molecule has 1 aliphatic carbocycles. The van der Waals surface area contributed by atoms with Gasteiger partial charge >= 0.3 is 5.97 Å². The summed E-state index contributed by atoms with van der Waals surface area (Å²) in [5, 5.41) is 9.16. The summed E-state index contributed by atoms with van der Waals surface area (Å²) in [6.07, 6.45) is 4.59. The lowest BCUT2D eigenvalue weighted by Gasteiger charge is -2.37. The molecule has 0 bridgehead atoms. The van der Waals surface area contributed by atoms with Crippen molar-refractivity contribution >= 4 is 17.6 Å². The second kappa shape index (κ2) is 8.12. The quantitative estimate of drug-likeness (QED) is 0.532. The molecule has 1 aliphatic rings. The van der Waals surface area contributed by atoms with E-state index in [4.69, 9.17) is 26.3 Å². The molecule has 1 fully saturated rings. The first-order chi connectivity index (χ1) is 12.9. The van der Waals surface area contributed by atoms with Crippen LogP contribution in [0.15, 0.2) is 42.5 Å². The fourth-order valence-corrected chi connectivity index (χ4v) is 3.79. The van der Waals surface area contributed by atoms with Gasteiger partial charge in [0.05, 0.1) is 22.3 Å². The predicted octanol–water partition coefficient (Wildman–Crippen LogP) is 5.28. The number of nitrogens with zero attached hydrogens (tertiary/aromatic N) is 1. The maximum atomic E-state index is 12.4. The number of hydrogen-bond donors (Lipinski definition) is 0. The second-order valence-electron chi connectivity index (χ2n) is 7.22. The van der Waals surface area contributed by atoms with Crippen LogP contribution in [0.1, 0.15) is 54.1 Å². The molecule has 4 nitrogen and oxygen atoms in total. The van der Waals surface area contributed by atoms with Crippen molar-refractivity contribution in [3.63, 3.8) is 0 Å². The normalized spacial score (nSPS) is 22.1. The number of ether oxygens (including phenoxy) is 2. The minimum Gasteiger partial charge on any atom is -0.423 e. The lowest BCUT2D eigenvalue weighted by molar-refractivity contribution is 0.0516. The Bertz CT molecular complexity index is 862. The molecule has 0 spiro atoms. The number of carbonyl (C=O) groups excluding carboxylic acids is 1. The van der Waals surface area contributed by atoms with Gasteiger partial charge in [0.1, 0.15) is 11.8 Å². The largest absolute Gasteiger partial charge is 0.423 e. The monoisotopic (exact) mass is 383 g/mol. The minimum absolute atomic E-state index is 0.109. The van der Waals surface area contributed by atoms with Gasteiger partial charge in [-0.25, -0.2) is 4.79 Å². The number of nitriles is 1. The maximum Gasteiger partial charge on any atom is 0.343 e. The van der Waals surface area contributed by atoms with E-state index < -0.39 is 5.97 Å². The molecule has 0 heterocycles. The molecule has 3 rings (SSSR count). The van der Waals surface area contributed by atoms with E-state index in [0.717, 1.165) is 25.7 Å². The zero-order valence-corrected chi connectivity index (χ0v) is 16.3. The van der Waals surface area contributed by atoms with Crippen LogP contribution in [-0.4, -0.2) is 19.2 Å². The molecule has 0 radical (unpaired) electrons. The van der Waals surface area contributed by atoms with Gasteiger partial charge in [0.15, 0.2) is 0 Å². The number of carbonyl (C=O) groups is 1. The molecular weight excluding hydrogens is 362 g/mol. The summed E-state index contributed by atoms with van der Waals surface area (Å²) in [4.78, 5) is 12.4. The van der Waals surface area contributed by atoms with Crippen LogP contribution < -0.4 is 4.74 Å². The highest BCUT2D eigenvalue weighted by Gasteiger charge is 2.32. The number of esters is 1. The average Bonchev–Trinajstić information content (AvgIpc) is 2.69. The van der Waals surface area contributed by atoms with Crippen LogP contribution in [0.25, 0.3) is 0 Å². The van der Waals surface area contributed by atoms with Crippen molar-refractivity contribution in [2.24, 2.45) is 0 Å². The minimum atomic E-state index is -0.449. The Morgan fingerprint density at radius 3 is 2.41 bits per heavy atom. The van der Waals surface area contributed by atoms with Crippen LogP contribution in [0.5, 0.6) is 5.75 Å². The van der Waals surface area contributed by atoms with Crippen LogP contribution in [0.2, 0.25) is 5.02 Å². The Labute approximate surface area is 164 Å². The van der Waals surface area contributed by atoms with Gasteiger partial charge in [0.2, 0.25) is 0 Å². The topological polar surface area (TPSA) is 59.3 Å². The highest BCUT2D eigenvalue weighted by molar-refractivity contribution is 6.31. The third-order valence-electron chi connectivity index (χ3n) is 5.46. The van der Waals surface area contributed by atoms with E-state index in [0.29, 0.717) is 23.0 Å². The van der Waals surface area contributed by atoms with E-state index in [1.54, 1.807) is 25.3 Å². The Kier molecular flexibility index (Phi) is 5.84. The van der Waals surface area contributed by atoms with E-state index in [9.17, 15) is 4.79 Å². The van der Waals surface area contributed by atoms with E-state index >= 15 is 0 Å². The van der Waals surface area contributed by atoms with Crippen molar-refractivity contribution < 1.29 is 14.3 Å². The van der Waals surface area contributed by atoms with E-state index in [1.807, 2.05) is 18.2 Å². The summed E-state index contributed by atoms with van der Waals surface area (Å²) >= 11 is 5.98. The first-order valence-corrected chi connectivity index (χ1v) is 9.38. The zero-order valence-electron chi connectivity index (χ0n) is 15.5. The van der Waals surface area contributed by atoms with Crippen molar-refractivity contribution in [2.45, 2.75) is 44.1 Å². The Balaban J connectivity index is 1.69. The Morgan fingerprint density at radius 1 is 1.19 bits per heavy atom. The van der Waals surface area contributed by atoms with Gasteiger partial charge in [-0.05, 0) is 60.9 Å². The highest BCUT2D eigenvalue weighted by Crippen LogP contribution is 2.39. The second-order valence-corrected chi connectivity index (χ2v) is 7.62. The van der Waals surface area contributed by atoms with Gasteiger partial charge in [-0.2, -0.15) is 5.26 Å². The average molecular weight is 384 g/mol. The van der Waals surface area contributed by atoms with Gasteiger partial charge in [0, 0.05) is 13.2 Å². The summed E-state index contributed by atoms with van der Waals surface area (Å²) in [5.41, 5.74) is 2.17. The molecule has 0 N–H and O–H groups in total. The molecule has 27 heavy (non-hydrogen) atoms. The lowest BCUT2D eigenvalue weighted by Crippen LogP contribution is -2.31. The number of benzene rings is 2. The van der Waals surface area contributed by atoms with Gasteiger partial charge in [-0.15, -0.1) is 0 Å². The third kappa shape index (κ3) is 4.32. The van der Waals surface area contributed by atoms with Gasteiger partial charge in [-0.3, -0.25) is 0 Å². The Hall–Kier alpha value is -2.35. The Morgan fingerprint density at radius 2 is 1.85 bits per heavy atom. The molecule has 5 heteroatoms. The van der Waals surface area contributed by atoms with E-state index in [1.165, 1.54) is 17.7 Å². The first-order valence-electron chi connectivity index (χ1n) is 9.00. The SMILES string of the molecule is COC1CCC(C)(c2ccc(C(=O)Oc3ccc(C#N)c(Cl)c3)cc2)CC1. The van der Waals surface area contributed by atoms with E-state index in [-0.39, 0.29) is 10.4 Å². The van der Waals surface area contributed by atoms with Crippen molar-refractivity contribution in [3.8, 4) is 11.8 Å². The molecule has 140 valence electrons. The number of halogens is 1. The van der Waals surface area contributed by atoms with Crippen LogP contribution in [0.4, 0.5) is 0 Å². The number of hydrogen-bond acceptors (Lipinski definition) is 4. The summed E-state index contributed by atoms with van der Waals surface area (Å²) < 4.78 is 10.8. The van der Waals surface area contributed by atoms with Crippen LogP contribution in [0.3, 0.4) is 0 Å². The lowest BCUT2D eigenvalue weighted by atomic mass is 9.70. The van der Waals surface area contributed by atoms with Crippen molar-refractivity contribution in [2.75, 3.05) is 7.11 Å². The number of rotatable bonds is 4. The van der Waals surface area contributed by atoms with Gasteiger partial charge in [-0.1, -0.05) is 30.7 Å². The van der Waals surface area contributed by atoms with Crippen molar-refractivity contribution in [3.05, 3.63) is 64.2 Å². The molecular formula is C22H22ClNO3. The van der Waals surface area contributed by atoms with Gasteiger partial charge < -0.3 is 9.47 Å². The molecule has 0 aliphatic heterocycles. The van der Waals surface area contributed by atoms with Crippen molar-refractivity contribution in [1.82, 2.24) is 0 Å². The third-order valence-corrected chi connectivity index (χ3v) is 5.77. The molecule has 0 saturated heterocycles. The van der Waals surface area contributed by atoms with Crippen LogP contribution in [-0.2, 0) is 10.2 Å². The summed E-state index contributed by atoms with van der Waals surface area (Å²) in [6, 6.07) is 14.2. The summed E-state index contributed by atoms with van der Waals surface area (Å²) in [6.45, 7) is 2.27. The molecule has 0 aromatic heterocycles. The first kappa shape index (κ1) is 19.4. The summed E-state index contributed by atoms with van der Waals surface area (Å²) in [7, 11) is 1.77. The molecule has 0 unspecified atom stereocenters. The van der Waals surface area contributed by atoms with Crippen molar-refractivity contribution in [1.29, 1.82) is 5.26 Å². The number of methoxy groups -OCH3 is 1. The predicted molar refractivity (Wildman–Crippen MR) is 104 cm³/mol. The molecule has 2 aromatic rings. The molecule has 2 aromatic carbocycles. The highest BCUT2D eigenvalue weighted by atomic mass is 35.5. The maximum absolute atomic E-state index is 12.4. The molecule has 0 amide bonds. The fourth-order valence-electron chi connectivity index (χ4n) is 3.58. The van der Waals surface area contributed by atoms with Crippen LogP contribution >= 0.6 is 11.6 Å². The van der Waals surface area contributed by atoms with Gasteiger partial charge in [0.25, 0.3) is 0 Å². The smallest absolute Gasteiger partial charge is 0.343 e. The standard InChI is InChI=1S/C22H22ClNO3/c1-22(11-9-18(26-2)10-12-22)17-6-3-15(4-7-17)21(25)27-19-8-5-16(14-24)20(23)13-19/h3-8,13,18H,9-12H2,1-2H3. The molecule has 0 atom stereocenters. The van der Waals surface area contributed by atoms with Crippen LogP contribution in [0, 0.1) is 11.3 Å². The molecule has 1 saturated carbocycles. The summed E-state index contributed by atoms with van der Waals surface area (Å²) in [5.74, 6) is -0.131. The van der Waals surface area contributed by atoms with E-state index in [2.05, 4.69) is 6.92 Å².